The molecule has 9 nitrogen and oxygen atoms in total. The van der Waals surface area contributed by atoms with Crippen LogP contribution < -0.4 is 14.8 Å². The van der Waals surface area contributed by atoms with Crippen LogP contribution in [0.25, 0.3) is 5.69 Å². The van der Waals surface area contributed by atoms with E-state index in [0.717, 1.165) is 35.0 Å². The van der Waals surface area contributed by atoms with Gasteiger partial charge < -0.3 is 19.5 Å². The molecule has 1 aliphatic rings. The number of likely N-dealkylation sites (tertiary alicyclic amines) is 1. The second-order valence-electron chi connectivity index (χ2n) is 8.14. The highest BCUT2D eigenvalue weighted by atomic mass is 19.3. The van der Waals surface area contributed by atoms with Gasteiger partial charge in [-0.2, -0.15) is 8.78 Å². The van der Waals surface area contributed by atoms with Gasteiger partial charge in [0, 0.05) is 37.0 Å². The molecule has 196 valence electrons. The molecule has 0 saturated carbocycles. The van der Waals surface area contributed by atoms with E-state index in [9.17, 15) is 32.3 Å². The smallest absolute Gasteiger partial charge is 0.387 e. The number of alkyl halides is 2. The molecule has 0 bridgehead atoms. The van der Waals surface area contributed by atoms with E-state index in [1.54, 1.807) is 0 Å². The Bertz CT molecular complexity index is 1270. The van der Waals surface area contributed by atoms with Gasteiger partial charge in [-0.25, -0.2) is 13.8 Å². The molecule has 2 amide bonds. The van der Waals surface area contributed by atoms with Crippen molar-refractivity contribution in [3.63, 3.8) is 0 Å². The largest absolute Gasteiger partial charge is 0.497 e. The number of carbonyl (C=O) groups is 2. The number of carbonyl (C=O) groups excluding carboxylic acids is 2. The molecule has 1 fully saturated rings. The number of methoxy groups -OCH3 is 1. The molecule has 0 radical (unpaired) electrons. The minimum absolute atomic E-state index is 0.00438. The van der Waals surface area contributed by atoms with E-state index < -0.39 is 41.9 Å². The van der Waals surface area contributed by atoms with Crippen LogP contribution in [0, 0.1) is 11.6 Å². The minimum Gasteiger partial charge on any atom is -0.497 e. The molecular formula is C24H22F4N4O5. The molecule has 13 heteroatoms. The lowest BCUT2D eigenvalue weighted by atomic mass is 10.1. The second kappa shape index (κ2) is 10.9. The standard InChI is InChI=1S/C24H22F4N4O5/c1-36-16-10-17(25)20(18(26)11-16)32-12-19(22(35)31-8-6-14(33)7-9-31)29-24(32)30-21(34)13-2-4-15(5-3-13)37-23(27)28/h2-5,10-12,14,23,33H,6-9H2,1H3,(H,29,30,34). The fourth-order valence-electron chi connectivity index (χ4n) is 3.82. The number of aliphatic hydroxyl groups is 1. The maximum atomic E-state index is 14.9. The summed E-state index contributed by atoms with van der Waals surface area (Å²) in [7, 11) is 1.24. The molecule has 0 unspecified atom stereocenters. The van der Waals surface area contributed by atoms with Crippen LogP contribution in [-0.2, 0) is 0 Å². The van der Waals surface area contributed by atoms with Gasteiger partial charge in [0.1, 0.15) is 22.9 Å². The van der Waals surface area contributed by atoms with Gasteiger partial charge in [-0.15, -0.1) is 0 Å². The van der Waals surface area contributed by atoms with Crippen molar-refractivity contribution in [2.75, 3.05) is 25.5 Å². The van der Waals surface area contributed by atoms with Crippen molar-refractivity contribution >= 4 is 17.8 Å². The monoisotopic (exact) mass is 522 g/mol. The average molecular weight is 522 g/mol. The van der Waals surface area contributed by atoms with E-state index in [-0.39, 0.29) is 41.8 Å². The summed E-state index contributed by atoms with van der Waals surface area (Å²) >= 11 is 0. The summed E-state index contributed by atoms with van der Waals surface area (Å²) in [5.74, 6) is -4.04. The van der Waals surface area contributed by atoms with Crippen LogP contribution in [0.4, 0.5) is 23.5 Å². The van der Waals surface area contributed by atoms with Gasteiger partial charge in [-0.1, -0.05) is 0 Å². The zero-order valence-electron chi connectivity index (χ0n) is 19.5. The van der Waals surface area contributed by atoms with Gasteiger partial charge in [0.15, 0.2) is 11.6 Å². The molecule has 2 aromatic carbocycles. The van der Waals surface area contributed by atoms with Gasteiger partial charge in [0.2, 0.25) is 5.95 Å². The third-order valence-corrected chi connectivity index (χ3v) is 5.71. The number of amides is 2. The number of anilines is 1. The molecule has 2 N–H and O–H groups in total. The molecule has 1 aromatic heterocycles. The summed E-state index contributed by atoms with van der Waals surface area (Å²) < 4.78 is 64.6. The van der Waals surface area contributed by atoms with E-state index in [0.29, 0.717) is 12.8 Å². The number of benzene rings is 2. The summed E-state index contributed by atoms with van der Waals surface area (Å²) in [6.45, 7) is -2.53. The van der Waals surface area contributed by atoms with Crippen molar-refractivity contribution < 1.29 is 41.7 Å². The predicted octanol–water partition coefficient (Wildman–Crippen LogP) is 3.61. The number of hydrogen-bond acceptors (Lipinski definition) is 6. The Kier molecular flexibility index (Phi) is 7.62. The number of rotatable bonds is 7. The second-order valence-corrected chi connectivity index (χ2v) is 8.14. The number of piperidine rings is 1. The maximum Gasteiger partial charge on any atom is 0.387 e. The molecule has 0 aliphatic carbocycles. The van der Waals surface area contributed by atoms with E-state index in [4.69, 9.17) is 4.74 Å². The number of aliphatic hydroxyl groups excluding tert-OH is 1. The molecule has 37 heavy (non-hydrogen) atoms. The fraction of sp³-hybridized carbons (Fsp3) is 0.292. The number of halogens is 4. The number of nitrogens with one attached hydrogen (secondary N) is 1. The SMILES string of the molecule is COc1cc(F)c(-n2cc(C(=O)N3CCC(O)CC3)nc2NC(=O)c2ccc(OC(F)F)cc2)c(F)c1. The number of ether oxygens (including phenoxy) is 2. The Labute approximate surface area is 208 Å². The van der Waals surface area contributed by atoms with E-state index >= 15 is 0 Å². The lowest BCUT2D eigenvalue weighted by Gasteiger charge is -2.28. The summed E-state index contributed by atoms with van der Waals surface area (Å²) in [5, 5.41) is 12.1. The quantitative estimate of drug-likeness (QED) is 0.460. The maximum absolute atomic E-state index is 14.9. The third-order valence-electron chi connectivity index (χ3n) is 5.71. The minimum atomic E-state index is -3.04. The highest BCUT2D eigenvalue weighted by Crippen LogP contribution is 2.28. The van der Waals surface area contributed by atoms with Crippen LogP contribution in [-0.4, -0.2) is 64.3 Å². The first-order valence-electron chi connectivity index (χ1n) is 11.1. The predicted molar refractivity (Wildman–Crippen MR) is 122 cm³/mol. The Balaban J connectivity index is 1.68. The van der Waals surface area contributed by atoms with Gasteiger partial charge in [-0.05, 0) is 37.1 Å². The Morgan fingerprint density at radius 1 is 1.08 bits per heavy atom. The van der Waals surface area contributed by atoms with E-state index in [1.807, 2.05) is 0 Å². The molecule has 2 heterocycles. The first-order valence-corrected chi connectivity index (χ1v) is 11.1. The van der Waals surface area contributed by atoms with Gasteiger partial charge in [0.25, 0.3) is 11.8 Å². The van der Waals surface area contributed by atoms with Crippen LogP contribution in [0.5, 0.6) is 11.5 Å². The number of nitrogens with zero attached hydrogens (tertiary/aromatic N) is 3. The Hall–Kier alpha value is -4.13. The average Bonchev–Trinajstić information content (AvgIpc) is 3.26. The molecular weight excluding hydrogens is 500 g/mol. The molecule has 3 aromatic rings. The lowest BCUT2D eigenvalue weighted by Crippen LogP contribution is -2.40. The van der Waals surface area contributed by atoms with Crippen LogP contribution in [0.2, 0.25) is 0 Å². The zero-order valence-corrected chi connectivity index (χ0v) is 19.5. The lowest BCUT2D eigenvalue weighted by molar-refractivity contribution is -0.0498. The highest BCUT2D eigenvalue weighted by molar-refractivity contribution is 6.04. The van der Waals surface area contributed by atoms with Crippen molar-refractivity contribution in [1.29, 1.82) is 0 Å². The van der Waals surface area contributed by atoms with Crippen LogP contribution >= 0.6 is 0 Å². The molecule has 4 rings (SSSR count). The fourth-order valence-corrected chi connectivity index (χ4v) is 3.82. The van der Waals surface area contributed by atoms with Crippen LogP contribution in [0.3, 0.4) is 0 Å². The first-order chi connectivity index (χ1) is 17.7. The van der Waals surface area contributed by atoms with Crippen molar-refractivity contribution in [3.8, 4) is 17.2 Å². The van der Waals surface area contributed by atoms with Crippen molar-refractivity contribution in [1.82, 2.24) is 14.5 Å². The van der Waals surface area contributed by atoms with Crippen molar-refractivity contribution in [2.24, 2.45) is 0 Å². The van der Waals surface area contributed by atoms with E-state index in [2.05, 4.69) is 15.0 Å². The third kappa shape index (κ3) is 5.82. The van der Waals surface area contributed by atoms with Gasteiger partial charge in [0.05, 0.1) is 13.2 Å². The number of hydrogen-bond donors (Lipinski definition) is 2. The zero-order chi connectivity index (χ0) is 26.7. The summed E-state index contributed by atoms with van der Waals surface area (Å²) in [6.07, 6.45) is 1.29. The van der Waals surface area contributed by atoms with Crippen molar-refractivity contribution in [2.45, 2.75) is 25.6 Å². The van der Waals surface area contributed by atoms with Crippen LogP contribution in [0.15, 0.2) is 42.6 Å². The number of imidazole rings is 1. The van der Waals surface area contributed by atoms with Crippen LogP contribution in [0.1, 0.15) is 33.7 Å². The van der Waals surface area contributed by atoms with Gasteiger partial charge >= 0.3 is 6.61 Å². The highest BCUT2D eigenvalue weighted by Gasteiger charge is 2.27. The Morgan fingerprint density at radius 3 is 2.27 bits per heavy atom. The van der Waals surface area contributed by atoms with Gasteiger partial charge in [-0.3, -0.25) is 19.5 Å². The van der Waals surface area contributed by atoms with Crippen molar-refractivity contribution in [3.05, 3.63) is 65.5 Å². The normalized spacial score (nSPS) is 14.1. The molecule has 1 aliphatic heterocycles. The summed E-state index contributed by atoms with van der Waals surface area (Å²) in [5.41, 5.74) is -0.802. The topological polar surface area (TPSA) is 106 Å². The first kappa shape index (κ1) is 25.9. The molecule has 0 spiro atoms. The number of aromatic nitrogens is 2. The summed E-state index contributed by atoms with van der Waals surface area (Å²) in [6, 6.07) is 6.57. The molecule has 0 atom stereocenters. The molecule has 1 saturated heterocycles. The van der Waals surface area contributed by atoms with E-state index in [1.165, 1.54) is 24.1 Å². The summed E-state index contributed by atoms with van der Waals surface area (Å²) in [4.78, 5) is 31.4. The Morgan fingerprint density at radius 2 is 1.70 bits per heavy atom.